The van der Waals surface area contributed by atoms with Gasteiger partial charge in [0.05, 0.1) is 19.3 Å². The number of methoxy groups -OCH3 is 1. The summed E-state index contributed by atoms with van der Waals surface area (Å²) in [6.07, 6.45) is 3.15. The van der Waals surface area contributed by atoms with Crippen molar-refractivity contribution in [2.24, 2.45) is 23.2 Å². The fourth-order valence-electron chi connectivity index (χ4n) is 7.85. The summed E-state index contributed by atoms with van der Waals surface area (Å²) >= 11 is 0. The first-order chi connectivity index (χ1) is 25.8. The molecule has 2 heterocycles. The Hall–Kier alpha value is -4.18. The molecule has 4 amide bonds. The first-order valence-electron chi connectivity index (χ1n) is 19.2. The third kappa shape index (κ3) is 8.95. The highest BCUT2D eigenvalue weighted by Crippen LogP contribution is 2.47. The number of nitrogens with zero attached hydrogens (tertiary/aromatic N) is 2. The summed E-state index contributed by atoms with van der Waals surface area (Å²) in [6, 6.07) is 5.02. The molecule has 1 unspecified atom stereocenters. The minimum Gasteiger partial charge on any atom is -0.497 e. The van der Waals surface area contributed by atoms with Gasteiger partial charge in [-0.3, -0.25) is 14.4 Å². The molecule has 2 aromatic rings. The molecular weight excluding hydrogens is 731 g/mol. The van der Waals surface area contributed by atoms with Crippen molar-refractivity contribution in [3.63, 3.8) is 0 Å². The van der Waals surface area contributed by atoms with E-state index < -0.39 is 68.9 Å². The molecule has 3 N–H and O–H groups in total. The molecule has 1 aromatic carbocycles. The van der Waals surface area contributed by atoms with Crippen LogP contribution in [0.4, 0.5) is 4.79 Å². The number of ether oxygens (including phenoxy) is 3. The molecule has 0 bridgehead atoms. The van der Waals surface area contributed by atoms with Crippen LogP contribution in [0.3, 0.4) is 0 Å². The first-order valence-corrected chi connectivity index (χ1v) is 20.6. The fraction of sp³-hybridized carbons (Fsp3) is 0.667. The van der Waals surface area contributed by atoms with Crippen molar-refractivity contribution in [3.8, 4) is 11.6 Å². The van der Waals surface area contributed by atoms with Crippen molar-refractivity contribution in [1.82, 2.24) is 25.2 Å². The lowest BCUT2D eigenvalue weighted by Crippen LogP contribution is -2.60. The Balaban J connectivity index is 1.26. The van der Waals surface area contributed by atoms with Crippen LogP contribution < -0.4 is 24.8 Å². The summed E-state index contributed by atoms with van der Waals surface area (Å²) < 4.78 is 50.4. The van der Waals surface area contributed by atoms with Gasteiger partial charge in [-0.15, -0.1) is 0 Å². The first kappa shape index (κ1) is 40.5. The fourth-order valence-corrected chi connectivity index (χ4v) is 9.00. The summed E-state index contributed by atoms with van der Waals surface area (Å²) in [5.74, 6) is -0.690. The summed E-state index contributed by atoms with van der Waals surface area (Å²) in [7, 11) is -2.88. The summed E-state index contributed by atoms with van der Waals surface area (Å²) in [4.78, 5) is 61.8. The quantitative estimate of drug-likeness (QED) is 0.261. The second kappa shape index (κ2) is 15.1. The van der Waals surface area contributed by atoms with E-state index in [1.807, 2.05) is 50.6 Å². The largest absolute Gasteiger partial charge is 0.497 e. The standard InChI is InChI=1S/C39H55N5O10S/c1-9-25-20-39(25,35(47)43-55(49,50)54-38(7)13-14-38)42-32(45)30-19-28(52-33-29-11-10-26(51-8)18-24(29)12-15-40-33)21-44(30)34(46)31(37(4,5)6)41-36(48)53-27-16-22(2)23(3)17-27/h10-12,15,18,22-23,25,27-28,30-31H,9,13-14,16-17,19-21H2,1-8H3,(H,41,48)(H,42,45)(H,43,47)/t22-,23+,25-,27?,28-,30+,31-,39-/m1/s1. The molecule has 55 heavy (non-hydrogen) atoms. The number of benzene rings is 1. The molecule has 8 atom stereocenters. The Kier molecular flexibility index (Phi) is 11.1. The van der Waals surface area contributed by atoms with Crippen LogP contribution in [0, 0.1) is 23.2 Å². The molecule has 1 saturated heterocycles. The number of pyridine rings is 1. The number of alkyl carbamates (subject to hydrolysis) is 1. The minimum atomic E-state index is -4.45. The third-order valence-corrected chi connectivity index (χ3v) is 12.8. The maximum atomic E-state index is 14.6. The SMILES string of the molecule is CC[C@@H]1C[C@]1(NC(=O)[C@@H]1C[C@@H](Oc2nccc3cc(OC)ccc23)CN1C(=O)[C@@H](NC(=O)OC1C[C@@H](C)[C@@H](C)C1)C(C)(C)C)C(=O)NS(=O)(=O)OC1(C)CC1. The van der Waals surface area contributed by atoms with Gasteiger partial charge in [-0.2, -0.15) is 8.42 Å². The molecule has 16 heteroatoms. The Bertz CT molecular complexity index is 1920. The van der Waals surface area contributed by atoms with Crippen LogP contribution >= 0.6 is 0 Å². The maximum Gasteiger partial charge on any atom is 0.408 e. The molecule has 15 nitrogen and oxygen atoms in total. The molecule has 1 aliphatic heterocycles. The molecular formula is C39H55N5O10S. The van der Waals surface area contributed by atoms with E-state index in [4.69, 9.17) is 18.4 Å². The number of likely N-dealkylation sites (tertiary alicyclic amines) is 1. The minimum absolute atomic E-state index is 0.0270. The summed E-state index contributed by atoms with van der Waals surface area (Å²) in [5.41, 5.74) is -3.20. The lowest BCUT2D eigenvalue weighted by molar-refractivity contribution is -0.143. The molecule has 4 fully saturated rings. The van der Waals surface area contributed by atoms with Gasteiger partial charge in [0.15, 0.2) is 0 Å². The number of aromatic nitrogens is 1. The van der Waals surface area contributed by atoms with Gasteiger partial charge in [0.25, 0.3) is 5.91 Å². The van der Waals surface area contributed by atoms with Gasteiger partial charge in [-0.1, -0.05) is 48.0 Å². The molecule has 4 aliphatic rings. The van der Waals surface area contributed by atoms with Gasteiger partial charge < -0.3 is 29.7 Å². The highest BCUT2D eigenvalue weighted by Gasteiger charge is 2.62. The zero-order valence-electron chi connectivity index (χ0n) is 33.0. The second-order valence-corrected chi connectivity index (χ2v) is 18.5. The average molecular weight is 786 g/mol. The van der Waals surface area contributed by atoms with Crippen molar-refractivity contribution in [3.05, 3.63) is 30.5 Å². The van der Waals surface area contributed by atoms with Crippen molar-refractivity contribution in [2.45, 2.75) is 129 Å². The predicted molar refractivity (Wildman–Crippen MR) is 202 cm³/mol. The average Bonchev–Trinajstić information content (AvgIpc) is 3.92. The Morgan fingerprint density at radius 1 is 1.04 bits per heavy atom. The van der Waals surface area contributed by atoms with Crippen LogP contribution in [0.15, 0.2) is 30.5 Å². The van der Waals surface area contributed by atoms with E-state index in [2.05, 4.69) is 29.5 Å². The van der Waals surface area contributed by atoms with E-state index in [-0.39, 0.29) is 31.4 Å². The van der Waals surface area contributed by atoms with Gasteiger partial charge in [-0.25, -0.2) is 18.7 Å². The predicted octanol–water partition coefficient (Wildman–Crippen LogP) is 4.38. The maximum absolute atomic E-state index is 14.6. The molecule has 3 aliphatic carbocycles. The summed E-state index contributed by atoms with van der Waals surface area (Å²) in [6.45, 7) is 13.1. The lowest BCUT2D eigenvalue weighted by Gasteiger charge is -2.35. The van der Waals surface area contributed by atoms with Crippen molar-refractivity contribution in [1.29, 1.82) is 0 Å². The van der Waals surface area contributed by atoms with Crippen LogP contribution in [0.2, 0.25) is 0 Å². The highest BCUT2D eigenvalue weighted by atomic mass is 32.2. The van der Waals surface area contributed by atoms with Crippen molar-refractivity contribution < 1.29 is 46.0 Å². The zero-order chi connectivity index (χ0) is 40.1. The molecule has 0 radical (unpaired) electrons. The molecule has 0 spiro atoms. The number of hydrogen-bond donors (Lipinski definition) is 3. The van der Waals surface area contributed by atoms with E-state index in [1.54, 1.807) is 26.3 Å². The number of rotatable bonds is 13. The van der Waals surface area contributed by atoms with Crippen LogP contribution in [0.25, 0.3) is 10.8 Å². The lowest BCUT2D eigenvalue weighted by atomic mass is 9.85. The number of hydrogen-bond acceptors (Lipinski definition) is 11. The van der Waals surface area contributed by atoms with Crippen molar-refractivity contribution in [2.75, 3.05) is 13.7 Å². The second-order valence-electron chi connectivity index (χ2n) is 17.3. The topological polar surface area (TPSA) is 192 Å². The monoisotopic (exact) mass is 785 g/mol. The number of carbonyl (C=O) groups excluding carboxylic acids is 4. The van der Waals surface area contributed by atoms with Gasteiger partial charge in [0, 0.05) is 18.0 Å². The van der Waals surface area contributed by atoms with Gasteiger partial charge >= 0.3 is 16.4 Å². The number of nitrogens with one attached hydrogen (secondary N) is 3. The highest BCUT2D eigenvalue weighted by molar-refractivity contribution is 7.85. The van der Waals surface area contributed by atoms with Crippen LogP contribution in [0.5, 0.6) is 11.6 Å². The van der Waals surface area contributed by atoms with Gasteiger partial charge in [0.2, 0.25) is 17.7 Å². The van der Waals surface area contributed by atoms with Crippen LogP contribution in [0.1, 0.15) is 93.4 Å². The molecule has 1 aromatic heterocycles. The van der Waals surface area contributed by atoms with E-state index in [0.717, 1.165) is 18.2 Å². The van der Waals surface area contributed by atoms with E-state index in [9.17, 15) is 27.6 Å². The molecule has 3 saturated carbocycles. The van der Waals surface area contributed by atoms with E-state index in [0.29, 0.717) is 48.1 Å². The van der Waals surface area contributed by atoms with Gasteiger partial charge in [0.1, 0.15) is 35.6 Å². The zero-order valence-corrected chi connectivity index (χ0v) is 33.8. The number of fused-ring (bicyclic) bond motifs is 1. The van der Waals surface area contributed by atoms with Gasteiger partial charge in [-0.05, 0) is 91.8 Å². The number of amides is 4. The Morgan fingerprint density at radius 3 is 2.33 bits per heavy atom. The van der Waals surface area contributed by atoms with E-state index in [1.165, 1.54) is 4.90 Å². The Morgan fingerprint density at radius 2 is 1.73 bits per heavy atom. The molecule has 6 rings (SSSR count). The third-order valence-electron chi connectivity index (χ3n) is 11.8. The summed E-state index contributed by atoms with van der Waals surface area (Å²) in [5, 5.41) is 7.15. The van der Waals surface area contributed by atoms with E-state index >= 15 is 0 Å². The number of carbonyl (C=O) groups is 4. The smallest absolute Gasteiger partial charge is 0.408 e. The van der Waals surface area contributed by atoms with Crippen molar-refractivity contribution >= 4 is 44.9 Å². The molecule has 302 valence electrons. The van der Waals surface area contributed by atoms with Crippen LogP contribution in [-0.4, -0.2) is 91.2 Å². The normalized spacial score (nSPS) is 28.9. The van der Waals surface area contributed by atoms with Crippen LogP contribution in [-0.2, 0) is 33.6 Å². The Labute approximate surface area is 323 Å².